The van der Waals surface area contributed by atoms with Crippen LogP contribution in [0.2, 0.25) is 0 Å². The molecule has 0 unspecified atom stereocenters. The fourth-order valence-corrected chi connectivity index (χ4v) is 1.54. The van der Waals surface area contributed by atoms with E-state index in [4.69, 9.17) is 24.4 Å². The predicted octanol–water partition coefficient (Wildman–Crippen LogP) is 0.168. The van der Waals surface area contributed by atoms with Gasteiger partial charge in [0.15, 0.2) is 0 Å². The second kappa shape index (κ2) is 13.9. The molecule has 0 aromatic rings. The van der Waals surface area contributed by atoms with Gasteiger partial charge >= 0.3 is 23.9 Å². The van der Waals surface area contributed by atoms with Gasteiger partial charge < -0.3 is 24.4 Å². The van der Waals surface area contributed by atoms with Gasteiger partial charge in [0.25, 0.3) is 0 Å². The zero-order valence-electron chi connectivity index (χ0n) is 13.7. The van der Waals surface area contributed by atoms with Crippen LogP contribution in [0, 0.1) is 0 Å². The minimum absolute atomic E-state index is 0.0135. The summed E-state index contributed by atoms with van der Waals surface area (Å²) in [5.74, 6) is -4.70. The molecule has 0 heterocycles. The summed E-state index contributed by atoms with van der Waals surface area (Å²) in [7, 11) is 0. The Morgan fingerprint density at radius 1 is 0.640 bits per heavy atom. The van der Waals surface area contributed by atoms with Crippen LogP contribution in [0.15, 0.2) is 0 Å². The largest absolute Gasteiger partial charge is 0.481 e. The van der Waals surface area contributed by atoms with Crippen molar-refractivity contribution >= 4 is 29.7 Å². The molecule has 0 aliphatic rings. The van der Waals surface area contributed by atoms with E-state index in [9.17, 15) is 24.0 Å². The Morgan fingerprint density at radius 2 is 1.16 bits per heavy atom. The molecule has 0 radical (unpaired) electrons. The Kier molecular flexibility index (Phi) is 12.5. The van der Waals surface area contributed by atoms with Crippen LogP contribution >= 0.6 is 0 Å². The lowest BCUT2D eigenvalue weighted by atomic mass is 10.2. The number of Topliss-reactive ketones (excluding diaryl/α,β-unsaturated/α-hetero) is 1. The lowest BCUT2D eigenvalue weighted by Gasteiger charge is -2.07. The third-order valence-electron chi connectivity index (χ3n) is 2.80. The Morgan fingerprint density at radius 3 is 1.68 bits per heavy atom. The molecule has 0 aliphatic carbocycles. The minimum atomic E-state index is -1.59. The van der Waals surface area contributed by atoms with Crippen molar-refractivity contribution in [3.05, 3.63) is 0 Å². The number of ketones is 1. The van der Waals surface area contributed by atoms with Crippen LogP contribution in [0.3, 0.4) is 0 Å². The summed E-state index contributed by atoms with van der Waals surface area (Å²) in [5.41, 5.74) is 0. The number of aliphatic carboxylic acids is 2. The van der Waals surface area contributed by atoms with Crippen molar-refractivity contribution < 1.29 is 48.4 Å². The number of carbonyl (C=O) groups excluding carboxylic acids is 3. The van der Waals surface area contributed by atoms with Gasteiger partial charge in [0.05, 0.1) is 19.6 Å². The number of hydrogen-bond donors (Lipinski definition) is 2. The van der Waals surface area contributed by atoms with Crippen molar-refractivity contribution in [2.75, 3.05) is 26.4 Å². The summed E-state index contributed by atoms with van der Waals surface area (Å²) in [6.07, 6.45) is 0.262. The van der Waals surface area contributed by atoms with E-state index in [0.717, 1.165) is 0 Å². The Hall–Kier alpha value is -2.49. The molecule has 0 aliphatic heterocycles. The maximum Gasteiger partial charge on any atom is 0.372 e. The lowest BCUT2D eigenvalue weighted by Crippen LogP contribution is -2.17. The normalized spacial score (nSPS) is 10.1. The second-order valence-electron chi connectivity index (χ2n) is 4.88. The van der Waals surface area contributed by atoms with Crippen LogP contribution in [-0.2, 0) is 38.2 Å². The molecule has 25 heavy (non-hydrogen) atoms. The molecule has 0 rings (SSSR count). The van der Waals surface area contributed by atoms with Crippen molar-refractivity contribution in [2.45, 2.75) is 38.5 Å². The van der Waals surface area contributed by atoms with E-state index >= 15 is 0 Å². The van der Waals surface area contributed by atoms with E-state index in [1.54, 1.807) is 0 Å². The molecular formula is C15H22O10. The van der Waals surface area contributed by atoms with Gasteiger partial charge in [-0.25, -0.2) is 4.79 Å². The number of esters is 2. The van der Waals surface area contributed by atoms with E-state index in [2.05, 4.69) is 0 Å². The molecule has 2 N–H and O–H groups in total. The van der Waals surface area contributed by atoms with Crippen molar-refractivity contribution in [1.29, 1.82) is 0 Å². The average molecular weight is 362 g/mol. The van der Waals surface area contributed by atoms with Gasteiger partial charge in [-0.1, -0.05) is 0 Å². The molecule has 0 saturated heterocycles. The van der Waals surface area contributed by atoms with Crippen LogP contribution in [0.1, 0.15) is 38.5 Å². The minimum Gasteiger partial charge on any atom is -0.481 e. The number of carbonyl (C=O) groups is 5. The lowest BCUT2D eigenvalue weighted by molar-refractivity contribution is -0.151. The molecule has 0 fully saturated rings. The maximum atomic E-state index is 11.3. The molecule has 0 atom stereocenters. The quantitative estimate of drug-likeness (QED) is 0.234. The highest BCUT2D eigenvalue weighted by Crippen LogP contribution is 2.01. The van der Waals surface area contributed by atoms with E-state index in [-0.39, 0.29) is 45.7 Å². The Balaban J connectivity index is 3.44. The van der Waals surface area contributed by atoms with Gasteiger partial charge in [-0.05, 0) is 12.8 Å². The number of ether oxygens (including phenoxy) is 3. The van der Waals surface area contributed by atoms with Gasteiger partial charge in [0.1, 0.15) is 13.2 Å². The van der Waals surface area contributed by atoms with Crippen LogP contribution < -0.4 is 0 Å². The molecule has 10 nitrogen and oxygen atoms in total. The summed E-state index contributed by atoms with van der Waals surface area (Å²) < 4.78 is 14.6. The van der Waals surface area contributed by atoms with Gasteiger partial charge in [-0.2, -0.15) is 0 Å². The second-order valence-corrected chi connectivity index (χ2v) is 4.88. The smallest absolute Gasteiger partial charge is 0.372 e. The maximum absolute atomic E-state index is 11.3. The molecule has 0 aromatic carbocycles. The van der Waals surface area contributed by atoms with E-state index < -0.39 is 36.1 Å². The molecular weight excluding hydrogens is 340 g/mol. The highest BCUT2D eigenvalue weighted by Gasteiger charge is 2.14. The van der Waals surface area contributed by atoms with E-state index in [1.807, 2.05) is 0 Å². The molecule has 0 bridgehead atoms. The van der Waals surface area contributed by atoms with E-state index in [0.29, 0.717) is 12.8 Å². The molecule has 0 aromatic heterocycles. The van der Waals surface area contributed by atoms with Crippen molar-refractivity contribution in [2.24, 2.45) is 0 Å². The number of hydrogen-bond acceptors (Lipinski definition) is 8. The fourth-order valence-electron chi connectivity index (χ4n) is 1.54. The molecule has 142 valence electrons. The Bertz CT molecular complexity index is 471. The summed E-state index contributed by atoms with van der Waals surface area (Å²) in [6, 6.07) is 0. The highest BCUT2D eigenvalue weighted by atomic mass is 16.6. The van der Waals surface area contributed by atoms with Crippen LogP contribution in [-0.4, -0.2) is 66.3 Å². The third kappa shape index (κ3) is 14.8. The van der Waals surface area contributed by atoms with Gasteiger partial charge in [0.2, 0.25) is 5.78 Å². The topological polar surface area (TPSA) is 153 Å². The van der Waals surface area contributed by atoms with Gasteiger partial charge in [0, 0.05) is 19.3 Å². The molecule has 0 spiro atoms. The molecule has 0 amide bonds. The SMILES string of the molecule is O=C(O)CCCCC(=O)OCCOCCOC(=O)CCC(=O)C(=O)O. The van der Waals surface area contributed by atoms with E-state index in [1.165, 1.54) is 0 Å². The Labute approximate surface area is 144 Å². The number of carboxylic acid groups (broad SMARTS) is 2. The summed E-state index contributed by atoms with van der Waals surface area (Å²) >= 11 is 0. The molecule has 0 saturated carbocycles. The van der Waals surface area contributed by atoms with Crippen molar-refractivity contribution in [3.63, 3.8) is 0 Å². The zero-order chi connectivity index (χ0) is 19.1. The summed E-state index contributed by atoms with van der Waals surface area (Å²) in [4.78, 5) is 53.7. The van der Waals surface area contributed by atoms with Crippen molar-refractivity contribution in [3.8, 4) is 0 Å². The third-order valence-corrected chi connectivity index (χ3v) is 2.80. The average Bonchev–Trinajstić information content (AvgIpc) is 2.55. The summed E-state index contributed by atoms with van der Waals surface area (Å²) in [5, 5.41) is 16.8. The van der Waals surface area contributed by atoms with Crippen LogP contribution in [0.4, 0.5) is 0 Å². The number of unbranched alkanes of at least 4 members (excludes halogenated alkanes) is 1. The number of rotatable bonds is 15. The first kappa shape index (κ1) is 22.5. The molecule has 10 heteroatoms. The predicted molar refractivity (Wildman–Crippen MR) is 80.7 cm³/mol. The first-order valence-corrected chi connectivity index (χ1v) is 7.69. The van der Waals surface area contributed by atoms with Crippen molar-refractivity contribution in [1.82, 2.24) is 0 Å². The zero-order valence-corrected chi connectivity index (χ0v) is 13.7. The number of carboxylic acids is 2. The monoisotopic (exact) mass is 362 g/mol. The van der Waals surface area contributed by atoms with Gasteiger partial charge in [-0.15, -0.1) is 0 Å². The first-order valence-electron chi connectivity index (χ1n) is 7.69. The first-order chi connectivity index (χ1) is 11.8. The highest BCUT2D eigenvalue weighted by molar-refractivity contribution is 6.32. The van der Waals surface area contributed by atoms with Gasteiger partial charge in [-0.3, -0.25) is 19.2 Å². The van der Waals surface area contributed by atoms with Crippen LogP contribution in [0.5, 0.6) is 0 Å². The fraction of sp³-hybridized carbons (Fsp3) is 0.667. The standard InChI is InChI=1S/C15H22O10/c16-11(15(21)22)5-6-14(20)25-10-8-23-7-9-24-13(19)4-2-1-3-12(17)18/h1-10H2,(H,17,18)(H,21,22). The summed E-state index contributed by atoms with van der Waals surface area (Å²) in [6.45, 7) is 0.132. The van der Waals surface area contributed by atoms with Crippen LogP contribution in [0.25, 0.3) is 0 Å².